The van der Waals surface area contributed by atoms with Crippen LogP contribution in [0.15, 0.2) is 36.5 Å². The lowest BCUT2D eigenvalue weighted by atomic mass is 10.1. The molecule has 0 aliphatic heterocycles. The van der Waals surface area contributed by atoms with Gasteiger partial charge in [0.2, 0.25) is 0 Å². The molecule has 0 radical (unpaired) electrons. The van der Waals surface area contributed by atoms with E-state index in [1.54, 1.807) is 13.3 Å². The van der Waals surface area contributed by atoms with E-state index in [1.807, 2.05) is 30.3 Å². The molecule has 3 heteroatoms. The molecule has 15 heavy (non-hydrogen) atoms. The number of nitrogens with zero attached hydrogens (tertiary/aromatic N) is 1. The van der Waals surface area contributed by atoms with Gasteiger partial charge in [0, 0.05) is 17.5 Å². The van der Waals surface area contributed by atoms with Crippen molar-refractivity contribution >= 4 is 0 Å². The summed E-state index contributed by atoms with van der Waals surface area (Å²) >= 11 is 0. The quantitative estimate of drug-likeness (QED) is 0.806. The average molecular weight is 198 g/mol. The van der Waals surface area contributed by atoms with E-state index >= 15 is 0 Å². The molecule has 0 unspecified atom stereocenters. The summed E-state index contributed by atoms with van der Waals surface area (Å²) in [6.45, 7) is 0. The number of benzene rings is 1. The predicted octanol–water partition coefficient (Wildman–Crippen LogP) is 2.56. The van der Waals surface area contributed by atoms with E-state index in [2.05, 4.69) is 11.1 Å². The zero-order chi connectivity index (χ0) is 10.7. The highest BCUT2D eigenvalue weighted by Crippen LogP contribution is 2.23. The van der Waals surface area contributed by atoms with Crippen LogP contribution in [0.3, 0.4) is 0 Å². The molecule has 2 aromatic rings. The van der Waals surface area contributed by atoms with Crippen LogP contribution >= 0.6 is 0 Å². The van der Waals surface area contributed by atoms with Gasteiger partial charge in [-0.15, -0.1) is 0 Å². The molecule has 1 aromatic carbocycles. The summed E-state index contributed by atoms with van der Waals surface area (Å²) in [5.74, 6) is 0.806. The minimum Gasteiger partial charge on any atom is -0.497 e. The summed E-state index contributed by atoms with van der Waals surface area (Å²) in [7, 11) is 1.63. The molecule has 3 nitrogen and oxygen atoms in total. The van der Waals surface area contributed by atoms with Crippen molar-refractivity contribution in [1.29, 1.82) is 5.26 Å². The molecule has 0 aliphatic rings. The van der Waals surface area contributed by atoms with Gasteiger partial charge in [-0.25, -0.2) is 0 Å². The van der Waals surface area contributed by atoms with Crippen LogP contribution in [0.4, 0.5) is 0 Å². The highest BCUT2D eigenvalue weighted by molar-refractivity contribution is 5.63. The van der Waals surface area contributed by atoms with Gasteiger partial charge < -0.3 is 9.72 Å². The van der Waals surface area contributed by atoms with Crippen molar-refractivity contribution in [3.05, 3.63) is 42.1 Å². The topological polar surface area (TPSA) is 48.8 Å². The molecule has 0 spiro atoms. The number of aromatic nitrogens is 1. The normalized spacial score (nSPS) is 9.60. The van der Waals surface area contributed by atoms with Gasteiger partial charge in [0.25, 0.3) is 0 Å². The van der Waals surface area contributed by atoms with E-state index in [0.717, 1.165) is 17.0 Å². The van der Waals surface area contributed by atoms with Crippen LogP contribution in [-0.4, -0.2) is 12.1 Å². The fourth-order valence-electron chi connectivity index (χ4n) is 1.42. The van der Waals surface area contributed by atoms with Gasteiger partial charge in [-0.2, -0.15) is 5.26 Å². The molecule has 0 amide bonds. The van der Waals surface area contributed by atoms with Crippen molar-refractivity contribution in [3.63, 3.8) is 0 Å². The average Bonchev–Trinajstić information content (AvgIpc) is 2.78. The third-order valence-corrected chi connectivity index (χ3v) is 2.19. The number of rotatable bonds is 2. The van der Waals surface area contributed by atoms with Crippen LogP contribution in [0.1, 0.15) is 5.56 Å². The van der Waals surface area contributed by atoms with Crippen LogP contribution < -0.4 is 4.74 Å². The zero-order valence-electron chi connectivity index (χ0n) is 8.32. The van der Waals surface area contributed by atoms with Crippen molar-refractivity contribution < 1.29 is 4.74 Å². The standard InChI is InChI=1S/C12H10N2O/c1-15-11-4-2-3-10(6-11)12-5-9(7-13)8-14-12/h2-6,8,14H,1H3. The Morgan fingerprint density at radius 3 is 2.87 bits per heavy atom. The van der Waals surface area contributed by atoms with E-state index in [4.69, 9.17) is 10.00 Å². The van der Waals surface area contributed by atoms with E-state index in [9.17, 15) is 0 Å². The van der Waals surface area contributed by atoms with Crippen LogP contribution in [0.5, 0.6) is 5.75 Å². The highest BCUT2D eigenvalue weighted by atomic mass is 16.5. The van der Waals surface area contributed by atoms with Crippen LogP contribution in [-0.2, 0) is 0 Å². The number of nitriles is 1. The predicted molar refractivity (Wildman–Crippen MR) is 57.5 cm³/mol. The molecule has 0 atom stereocenters. The van der Waals surface area contributed by atoms with Crippen LogP contribution in [0, 0.1) is 11.3 Å². The third kappa shape index (κ3) is 1.84. The minimum absolute atomic E-state index is 0.632. The molecule has 74 valence electrons. The van der Waals surface area contributed by atoms with Gasteiger partial charge in [0.1, 0.15) is 11.8 Å². The second-order valence-corrected chi connectivity index (χ2v) is 3.15. The zero-order valence-corrected chi connectivity index (χ0v) is 8.32. The molecule has 1 heterocycles. The Morgan fingerprint density at radius 2 is 2.20 bits per heavy atom. The van der Waals surface area contributed by atoms with Gasteiger partial charge in [0.05, 0.1) is 12.7 Å². The lowest BCUT2D eigenvalue weighted by Crippen LogP contribution is -1.83. The fourth-order valence-corrected chi connectivity index (χ4v) is 1.42. The summed E-state index contributed by atoms with van der Waals surface area (Å²) in [6, 6.07) is 11.6. The highest BCUT2D eigenvalue weighted by Gasteiger charge is 2.02. The van der Waals surface area contributed by atoms with Crippen molar-refractivity contribution in [1.82, 2.24) is 4.98 Å². The third-order valence-electron chi connectivity index (χ3n) is 2.19. The number of ether oxygens (including phenoxy) is 1. The lowest BCUT2D eigenvalue weighted by Gasteiger charge is -2.01. The first-order valence-corrected chi connectivity index (χ1v) is 4.56. The molecular formula is C12H10N2O. The van der Waals surface area contributed by atoms with Gasteiger partial charge in [-0.1, -0.05) is 12.1 Å². The summed E-state index contributed by atoms with van der Waals surface area (Å²) in [4.78, 5) is 3.05. The summed E-state index contributed by atoms with van der Waals surface area (Å²) in [6.07, 6.45) is 1.69. The van der Waals surface area contributed by atoms with Crippen LogP contribution in [0.2, 0.25) is 0 Å². The van der Waals surface area contributed by atoms with Crippen molar-refractivity contribution in [2.45, 2.75) is 0 Å². The van der Waals surface area contributed by atoms with Crippen molar-refractivity contribution in [2.24, 2.45) is 0 Å². The summed E-state index contributed by atoms with van der Waals surface area (Å²) < 4.78 is 5.13. The van der Waals surface area contributed by atoms with Gasteiger partial charge in [-0.05, 0) is 18.2 Å². The molecule has 0 aliphatic carbocycles. The number of aromatic amines is 1. The Balaban J connectivity index is 2.41. The number of hydrogen-bond acceptors (Lipinski definition) is 2. The first-order valence-electron chi connectivity index (χ1n) is 4.56. The van der Waals surface area contributed by atoms with Crippen molar-refractivity contribution in [2.75, 3.05) is 7.11 Å². The molecular weight excluding hydrogens is 188 g/mol. The van der Waals surface area contributed by atoms with Gasteiger partial charge in [-0.3, -0.25) is 0 Å². The van der Waals surface area contributed by atoms with Crippen LogP contribution in [0.25, 0.3) is 11.3 Å². The number of methoxy groups -OCH3 is 1. The Bertz CT molecular complexity index is 508. The van der Waals surface area contributed by atoms with E-state index in [1.165, 1.54) is 0 Å². The first-order chi connectivity index (χ1) is 7.33. The molecule has 0 fully saturated rings. The Morgan fingerprint density at radius 1 is 1.33 bits per heavy atom. The van der Waals surface area contributed by atoms with Crippen molar-refractivity contribution in [3.8, 4) is 23.1 Å². The number of H-pyrrole nitrogens is 1. The molecule has 0 saturated heterocycles. The first kappa shape index (κ1) is 9.35. The molecule has 1 aromatic heterocycles. The monoisotopic (exact) mass is 198 g/mol. The SMILES string of the molecule is COc1cccc(-c2cc(C#N)c[nH]2)c1. The van der Waals surface area contributed by atoms with E-state index in [-0.39, 0.29) is 0 Å². The second-order valence-electron chi connectivity index (χ2n) is 3.15. The molecule has 0 bridgehead atoms. The Labute approximate surface area is 87.9 Å². The largest absolute Gasteiger partial charge is 0.497 e. The maximum atomic E-state index is 8.70. The molecule has 1 N–H and O–H groups in total. The van der Waals surface area contributed by atoms with E-state index < -0.39 is 0 Å². The van der Waals surface area contributed by atoms with E-state index in [0.29, 0.717) is 5.56 Å². The summed E-state index contributed by atoms with van der Waals surface area (Å²) in [5, 5.41) is 8.70. The maximum Gasteiger partial charge on any atom is 0.119 e. The molecule has 0 saturated carbocycles. The number of hydrogen-bond donors (Lipinski definition) is 1. The maximum absolute atomic E-state index is 8.70. The smallest absolute Gasteiger partial charge is 0.119 e. The van der Waals surface area contributed by atoms with Gasteiger partial charge >= 0.3 is 0 Å². The Hall–Kier alpha value is -2.21. The number of nitrogens with one attached hydrogen (secondary N) is 1. The second kappa shape index (κ2) is 3.89. The summed E-state index contributed by atoms with van der Waals surface area (Å²) in [5.41, 5.74) is 2.56. The fraction of sp³-hybridized carbons (Fsp3) is 0.0833. The van der Waals surface area contributed by atoms with Gasteiger partial charge in [0.15, 0.2) is 0 Å². The Kier molecular flexibility index (Phi) is 2.42. The minimum atomic E-state index is 0.632. The molecule has 2 rings (SSSR count). The lowest BCUT2D eigenvalue weighted by molar-refractivity contribution is 0.415.